The Balaban J connectivity index is 2.94. The highest BCUT2D eigenvalue weighted by Gasteiger charge is 2.26. The van der Waals surface area contributed by atoms with E-state index < -0.39 is 4.92 Å². The summed E-state index contributed by atoms with van der Waals surface area (Å²) in [4.78, 5) is 10.3. The lowest BCUT2D eigenvalue weighted by atomic mass is 9.88. The summed E-state index contributed by atoms with van der Waals surface area (Å²) in [5.74, 6) is 0.326. The van der Waals surface area contributed by atoms with Gasteiger partial charge in [0.05, 0.1) is 4.92 Å². The molecule has 0 heterocycles. The van der Waals surface area contributed by atoms with Crippen LogP contribution in [0.5, 0.6) is 0 Å². The molecule has 0 bridgehead atoms. The summed E-state index contributed by atoms with van der Waals surface area (Å²) in [5, 5.41) is 13.9. The monoisotopic (exact) mass is 237 g/mol. The number of nitrogens with two attached hydrogens (primary N) is 1. The molecular weight excluding hydrogens is 218 g/mol. The molecule has 1 aromatic carbocycles. The van der Waals surface area contributed by atoms with Gasteiger partial charge >= 0.3 is 0 Å². The van der Waals surface area contributed by atoms with Gasteiger partial charge < -0.3 is 11.1 Å². The van der Waals surface area contributed by atoms with Crippen molar-refractivity contribution >= 4 is 11.4 Å². The largest absolute Gasteiger partial charge is 0.378 e. The molecule has 0 aliphatic rings. The first-order valence-electron chi connectivity index (χ1n) is 5.62. The van der Waals surface area contributed by atoms with Gasteiger partial charge in [-0.25, -0.2) is 0 Å². The summed E-state index contributed by atoms with van der Waals surface area (Å²) in [5.41, 5.74) is 6.29. The second-order valence-electron chi connectivity index (χ2n) is 4.71. The average molecular weight is 237 g/mol. The maximum atomic E-state index is 10.7. The zero-order chi connectivity index (χ0) is 13.1. The third-order valence-corrected chi connectivity index (χ3v) is 3.19. The molecule has 94 valence electrons. The van der Waals surface area contributed by atoms with Gasteiger partial charge in [0.25, 0.3) is 5.69 Å². The third kappa shape index (κ3) is 3.17. The van der Waals surface area contributed by atoms with Crippen molar-refractivity contribution in [1.82, 2.24) is 0 Å². The number of non-ortho nitro benzene ring substituents is 1. The van der Waals surface area contributed by atoms with Gasteiger partial charge in [-0.2, -0.15) is 0 Å². The van der Waals surface area contributed by atoms with E-state index in [1.165, 1.54) is 12.1 Å². The van der Waals surface area contributed by atoms with Gasteiger partial charge in [0.2, 0.25) is 0 Å². The van der Waals surface area contributed by atoms with E-state index >= 15 is 0 Å². The smallest absolute Gasteiger partial charge is 0.271 e. The van der Waals surface area contributed by atoms with Gasteiger partial charge in [-0.15, -0.1) is 0 Å². The number of rotatable bonds is 5. The molecule has 0 aliphatic heterocycles. The van der Waals surface area contributed by atoms with Crippen LogP contribution >= 0.6 is 0 Å². The minimum absolute atomic E-state index is 0.0816. The lowest BCUT2D eigenvalue weighted by Gasteiger charge is -2.34. The molecule has 17 heavy (non-hydrogen) atoms. The van der Waals surface area contributed by atoms with Crippen LogP contribution in [0.4, 0.5) is 11.4 Å². The zero-order valence-electron chi connectivity index (χ0n) is 10.4. The summed E-state index contributed by atoms with van der Waals surface area (Å²) >= 11 is 0. The van der Waals surface area contributed by atoms with E-state index in [2.05, 4.69) is 19.2 Å². The number of nitrogens with zero attached hydrogens (tertiary/aromatic N) is 1. The number of hydrogen-bond acceptors (Lipinski definition) is 4. The SMILES string of the molecule is CC(C)C(C)(CN)Nc1cccc([N+](=O)[O-])c1. The van der Waals surface area contributed by atoms with Gasteiger partial charge in [0, 0.05) is 29.9 Å². The van der Waals surface area contributed by atoms with Crippen LogP contribution in [0.25, 0.3) is 0 Å². The number of benzene rings is 1. The Morgan fingerprint density at radius 3 is 2.65 bits per heavy atom. The maximum absolute atomic E-state index is 10.7. The molecular formula is C12H19N3O2. The van der Waals surface area contributed by atoms with E-state index in [-0.39, 0.29) is 11.2 Å². The Morgan fingerprint density at radius 2 is 2.18 bits per heavy atom. The summed E-state index contributed by atoms with van der Waals surface area (Å²) in [7, 11) is 0. The fourth-order valence-electron chi connectivity index (χ4n) is 1.46. The number of nitro groups is 1. The molecule has 1 rings (SSSR count). The molecule has 3 N–H and O–H groups in total. The fourth-order valence-corrected chi connectivity index (χ4v) is 1.46. The summed E-state index contributed by atoms with van der Waals surface area (Å²) in [6.45, 7) is 6.61. The van der Waals surface area contributed by atoms with Crippen molar-refractivity contribution in [3.8, 4) is 0 Å². The quantitative estimate of drug-likeness (QED) is 0.608. The molecule has 5 heteroatoms. The fraction of sp³-hybridized carbons (Fsp3) is 0.500. The predicted octanol–water partition coefficient (Wildman–Crippen LogP) is 2.38. The number of anilines is 1. The zero-order valence-corrected chi connectivity index (χ0v) is 10.4. The normalized spacial score (nSPS) is 14.4. The van der Waals surface area contributed by atoms with Crippen LogP contribution in [0.3, 0.4) is 0 Å². The molecule has 0 radical (unpaired) electrons. The highest BCUT2D eigenvalue weighted by atomic mass is 16.6. The molecule has 0 amide bonds. The van der Waals surface area contributed by atoms with E-state index in [4.69, 9.17) is 5.73 Å². The Labute approximate surface area is 101 Å². The van der Waals surface area contributed by atoms with Crippen LogP contribution < -0.4 is 11.1 Å². The van der Waals surface area contributed by atoms with Crippen LogP contribution in [0.1, 0.15) is 20.8 Å². The van der Waals surface area contributed by atoms with Crippen LogP contribution in [-0.2, 0) is 0 Å². The molecule has 1 atom stereocenters. The van der Waals surface area contributed by atoms with Crippen molar-refractivity contribution in [2.75, 3.05) is 11.9 Å². The first-order chi connectivity index (χ1) is 7.89. The van der Waals surface area contributed by atoms with Crippen molar-refractivity contribution in [1.29, 1.82) is 0 Å². The van der Waals surface area contributed by atoms with Gasteiger partial charge in [-0.05, 0) is 18.9 Å². The average Bonchev–Trinajstić information content (AvgIpc) is 2.29. The summed E-state index contributed by atoms with van der Waals surface area (Å²) < 4.78 is 0. The van der Waals surface area contributed by atoms with Crippen LogP contribution in [0, 0.1) is 16.0 Å². The van der Waals surface area contributed by atoms with Gasteiger partial charge in [0.15, 0.2) is 0 Å². The Kier molecular flexibility index (Phi) is 4.07. The molecule has 0 aliphatic carbocycles. The number of hydrogen-bond donors (Lipinski definition) is 2. The van der Waals surface area contributed by atoms with Gasteiger partial charge in [-0.3, -0.25) is 10.1 Å². The Bertz CT molecular complexity index is 406. The van der Waals surface area contributed by atoms with E-state index in [1.807, 2.05) is 13.0 Å². The highest BCUT2D eigenvalue weighted by molar-refractivity contribution is 5.52. The summed E-state index contributed by atoms with van der Waals surface area (Å²) in [6.07, 6.45) is 0. The lowest BCUT2D eigenvalue weighted by Crippen LogP contribution is -2.47. The van der Waals surface area contributed by atoms with Crippen LogP contribution in [-0.4, -0.2) is 17.0 Å². The van der Waals surface area contributed by atoms with Crippen LogP contribution in [0.2, 0.25) is 0 Å². The molecule has 1 aromatic rings. The molecule has 0 saturated carbocycles. The minimum atomic E-state index is -0.402. The molecule has 0 aromatic heterocycles. The first kappa shape index (κ1) is 13.4. The van der Waals surface area contributed by atoms with Gasteiger partial charge in [-0.1, -0.05) is 19.9 Å². The van der Waals surface area contributed by atoms with Crippen molar-refractivity contribution in [2.45, 2.75) is 26.3 Å². The van der Waals surface area contributed by atoms with E-state index in [1.54, 1.807) is 6.07 Å². The van der Waals surface area contributed by atoms with Crippen molar-refractivity contribution in [2.24, 2.45) is 11.7 Å². The lowest BCUT2D eigenvalue weighted by molar-refractivity contribution is -0.384. The molecule has 5 nitrogen and oxygen atoms in total. The molecule has 0 fully saturated rings. The summed E-state index contributed by atoms with van der Waals surface area (Å²) in [6, 6.07) is 6.47. The third-order valence-electron chi connectivity index (χ3n) is 3.19. The van der Waals surface area contributed by atoms with E-state index in [0.29, 0.717) is 12.5 Å². The van der Waals surface area contributed by atoms with Gasteiger partial charge in [0.1, 0.15) is 0 Å². The second kappa shape index (κ2) is 5.14. The standard InChI is InChI=1S/C12H19N3O2/c1-9(2)12(3,8-13)14-10-5-4-6-11(7-10)15(16)17/h4-7,9,14H,8,13H2,1-3H3. The molecule has 0 spiro atoms. The highest BCUT2D eigenvalue weighted by Crippen LogP contribution is 2.24. The maximum Gasteiger partial charge on any atom is 0.271 e. The van der Waals surface area contributed by atoms with Crippen LogP contribution in [0.15, 0.2) is 24.3 Å². The first-order valence-corrected chi connectivity index (χ1v) is 5.62. The number of nitrogens with one attached hydrogen (secondary N) is 1. The predicted molar refractivity (Wildman–Crippen MR) is 69.0 cm³/mol. The minimum Gasteiger partial charge on any atom is -0.378 e. The topological polar surface area (TPSA) is 81.2 Å². The second-order valence-corrected chi connectivity index (χ2v) is 4.71. The van der Waals surface area contributed by atoms with E-state index in [0.717, 1.165) is 5.69 Å². The van der Waals surface area contributed by atoms with Crippen molar-refractivity contribution < 1.29 is 4.92 Å². The Hall–Kier alpha value is -1.62. The molecule has 1 unspecified atom stereocenters. The Morgan fingerprint density at radius 1 is 1.53 bits per heavy atom. The van der Waals surface area contributed by atoms with Crippen molar-refractivity contribution in [3.63, 3.8) is 0 Å². The van der Waals surface area contributed by atoms with Crippen molar-refractivity contribution in [3.05, 3.63) is 34.4 Å². The number of nitro benzene ring substituents is 1. The molecule has 0 saturated heterocycles. The van der Waals surface area contributed by atoms with E-state index in [9.17, 15) is 10.1 Å².